The van der Waals surface area contributed by atoms with Crippen LogP contribution in [0.3, 0.4) is 0 Å². The Balaban J connectivity index is 1.61. The van der Waals surface area contributed by atoms with Gasteiger partial charge in [0.2, 0.25) is 12.4 Å². The molecule has 1 amide bonds. The molecule has 1 N–H and O–H groups in total. The van der Waals surface area contributed by atoms with Crippen molar-refractivity contribution in [2.45, 2.75) is 6.54 Å². The summed E-state index contributed by atoms with van der Waals surface area (Å²) in [6.45, 7) is 3.44. The number of amides is 1. The number of hydrogen-bond acceptors (Lipinski definition) is 7. The summed E-state index contributed by atoms with van der Waals surface area (Å²) in [5.41, 5.74) is 0.913. The molecule has 0 atom stereocenters. The number of pyridine rings is 1. The third kappa shape index (κ3) is 3.46. The molecule has 0 aliphatic carbocycles. The van der Waals surface area contributed by atoms with Crippen LogP contribution >= 0.6 is 0 Å². The maximum absolute atomic E-state index is 10.7. The summed E-state index contributed by atoms with van der Waals surface area (Å²) in [7, 11) is 0. The molecule has 1 aliphatic rings. The van der Waals surface area contributed by atoms with Gasteiger partial charge in [-0.25, -0.2) is 0 Å². The molecule has 3 heterocycles. The van der Waals surface area contributed by atoms with Crippen LogP contribution in [-0.2, 0) is 11.3 Å². The van der Waals surface area contributed by atoms with Crippen molar-refractivity contribution in [3.05, 3.63) is 36.3 Å². The minimum atomic E-state index is 0.473. The number of nitrogens with zero attached hydrogens (tertiary/aromatic N) is 6. The molecule has 1 saturated heterocycles. The molecule has 0 radical (unpaired) electrons. The Bertz CT molecular complexity index is 614. The Kier molecular flexibility index (Phi) is 4.38. The third-order valence-electron chi connectivity index (χ3n) is 3.49. The van der Waals surface area contributed by atoms with Gasteiger partial charge in [-0.15, -0.1) is 5.10 Å². The molecule has 114 valence electrons. The normalized spacial score (nSPS) is 14.7. The van der Waals surface area contributed by atoms with E-state index < -0.39 is 0 Å². The van der Waals surface area contributed by atoms with E-state index in [0.717, 1.165) is 31.0 Å². The predicted molar refractivity (Wildman–Crippen MR) is 81.2 cm³/mol. The molecule has 1 fully saturated rings. The molecular weight excluding hydrogens is 282 g/mol. The van der Waals surface area contributed by atoms with Crippen LogP contribution in [0.5, 0.6) is 0 Å². The van der Waals surface area contributed by atoms with Crippen LogP contribution < -0.4 is 10.2 Å². The van der Waals surface area contributed by atoms with Crippen molar-refractivity contribution in [1.82, 2.24) is 25.1 Å². The third-order valence-corrected chi connectivity index (χ3v) is 3.49. The fourth-order valence-electron chi connectivity index (χ4n) is 2.25. The van der Waals surface area contributed by atoms with Gasteiger partial charge in [0.1, 0.15) is 0 Å². The monoisotopic (exact) mass is 299 g/mol. The lowest BCUT2D eigenvalue weighted by Crippen LogP contribution is -2.46. The summed E-state index contributed by atoms with van der Waals surface area (Å²) in [5, 5.41) is 11.1. The Morgan fingerprint density at radius 1 is 1.23 bits per heavy atom. The second-order valence-electron chi connectivity index (χ2n) is 4.94. The summed E-state index contributed by atoms with van der Waals surface area (Å²) >= 11 is 0. The van der Waals surface area contributed by atoms with Crippen molar-refractivity contribution in [3.8, 4) is 0 Å². The molecule has 2 aromatic rings. The zero-order valence-electron chi connectivity index (χ0n) is 12.1. The fraction of sp³-hybridized carbons (Fsp3) is 0.357. The highest BCUT2D eigenvalue weighted by atomic mass is 16.1. The maximum atomic E-state index is 10.7. The lowest BCUT2D eigenvalue weighted by Gasteiger charge is -2.33. The molecule has 0 saturated carbocycles. The van der Waals surface area contributed by atoms with Gasteiger partial charge in [-0.05, 0) is 12.1 Å². The van der Waals surface area contributed by atoms with Gasteiger partial charge < -0.3 is 15.1 Å². The lowest BCUT2D eigenvalue weighted by molar-refractivity contribution is -0.118. The van der Waals surface area contributed by atoms with Crippen LogP contribution in [0.25, 0.3) is 0 Å². The molecule has 8 nitrogen and oxygen atoms in total. The number of nitrogens with one attached hydrogen (secondary N) is 1. The zero-order valence-corrected chi connectivity index (χ0v) is 12.1. The summed E-state index contributed by atoms with van der Waals surface area (Å²) in [5.74, 6) is 1.24. The summed E-state index contributed by atoms with van der Waals surface area (Å²) in [6.07, 6.45) is 4.27. The van der Waals surface area contributed by atoms with Gasteiger partial charge in [0.05, 0.1) is 18.4 Å². The van der Waals surface area contributed by atoms with Crippen LogP contribution in [0.4, 0.5) is 11.8 Å². The first kappa shape index (κ1) is 14.2. The molecule has 2 aromatic heterocycles. The van der Waals surface area contributed by atoms with Crippen LogP contribution in [-0.4, -0.2) is 57.7 Å². The molecule has 22 heavy (non-hydrogen) atoms. The quantitative estimate of drug-likeness (QED) is 0.787. The van der Waals surface area contributed by atoms with E-state index in [1.165, 1.54) is 0 Å². The first-order chi connectivity index (χ1) is 10.8. The number of hydrogen-bond donors (Lipinski definition) is 1. The van der Waals surface area contributed by atoms with Gasteiger partial charge in [-0.1, -0.05) is 6.07 Å². The Hall–Kier alpha value is -2.77. The summed E-state index contributed by atoms with van der Waals surface area (Å²) in [6, 6.07) is 5.75. The second-order valence-corrected chi connectivity index (χ2v) is 4.94. The van der Waals surface area contributed by atoms with Crippen LogP contribution in [0, 0.1) is 0 Å². The van der Waals surface area contributed by atoms with Crippen molar-refractivity contribution in [3.63, 3.8) is 0 Å². The molecule has 8 heteroatoms. The number of carbonyl (C=O) groups is 1. The second kappa shape index (κ2) is 6.79. The highest BCUT2D eigenvalue weighted by molar-refractivity contribution is 5.49. The van der Waals surface area contributed by atoms with Crippen molar-refractivity contribution < 1.29 is 4.79 Å². The minimum Gasteiger partial charge on any atom is -0.352 e. The van der Waals surface area contributed by atoms with E-state index in [-0.39, 0.29) is 0 Å². The highest BCUT2D eigenvalue weighted by Gasteiger charge is 2.17. The Morgan fingerprint density at radius 3 is 2.82 bits per heavy atom. The average Bonchev–Trinajstić information content (AvgIpc) is 2.61. The maximum Gasteiger partial charge on any atom is 0.245 e. The molecule has 1 aliphatic heterocycles. The van der Waals surface area contributed by atoms with Gasteiger partial charge in [0, 0.05) is 32.4 Å². The summed E-state index contributed by atoms with van der Waals surface area (Å²) in [4.78, 5) is 23.3. The lowest BCUT2D eigenvalue weighted by atomic mass is 10.3. The van der Waals surface area contributed by atoms with Gasteiger partial charge in [-0.2, -0.15) is 10.1 Å². The molecule has 0 bridgehead atoms. The largest absolute Gasteiger partial charge is 0.352 e. The van der Waals surface area contributed by atoms with Gasteiger partial charge in [0.25, 0.3) is 0 Å². The standard InChI is InChI=1S/C14H17N7O/c22-11-20-5-7-21(8-6-20)13-10-17-19-14(18-13)16-9-12-3-1-2-4-15-12/h1-4,10-11H,5-9H2,(H,16,18,19). The van der Waals surface area contributed by atoms with Crippen LogP contribution in [0.1, 0.15) is 5.69 Å². The van der Waals surface area contributed by atoms with Crippen LogP contribution in [0.15, 0.2) is 30.6 Å². The smallest absolute Gasteiger partial charge is 0.245 e. The van der Waals surface area contributed by atoms with Gasteiger partial charge in [-0.3, -0.25) is 9.78 Å². The minimum absolute atomic E-state index is 0.473. The zero-order chi connectivity index (χ0) is 15.2. The molecular formula is C14H17N7O. The highest BCUT2D eigenvalue weighted by Crippen LogP contribution is 2.13. The van der Waals surface area contributed by atoms with Crippen molar-refractivity contribution in [2.75, 3.05) is 36.4 Å². The average molecular weight is 299 g/mol. The SMILES string of the molecule is O=CN1CCN(c2cnnc(NCc3ccccn3)n2)CC1. The predicted octanol–water partition coefficient (Wildman–Crippen LogP) is 0.157. The Labute approximate surface area is 128 Å². The number of rotatable bonds is 5. The fourth-order valence-corrected chi connectivity index (χ4v) is 2.25. The first-order valence-electron chi connectivity index (χ1n) is 7.13. The molecule has 0 unspecified atom stereocenters. The topological polar surface area (TPSA) is 87.1 Å². The van der Waals surface area contributed by atoms with E-state index in [1.807, 2.05) is 18.2 Å². The molecule has 0 spiro atoms. The van der Waals surface area contributed by atoms with E-state index in [2.05, 4.69) is 30.4 Å². The van der Waals surface area contributed by atoms with E-state index in [4.69, 9.17) is 0 Å². The van der Waals surface area contributed by atoms with Crippen molar-refractivity contribution in [1.29, 1.82) is 0 Å². The van der Waals surface area contributed by atoms with Crippen molar-refractivity contribution >= 4 is 18.2 Å². The van der Waals surface area contributed by atoms with E-state index in [1.54, 1.807) is 17.3 Å². The van der Waals surface area contributed by atoms with E-state index in [0.29, 0.717) is 25.6 Å². The van der Waals surface area contributed by atoms with E-state index >= 15 is 0 Å². The first-order valence-corrected chi connectivity index (χ1v) is 7.13. The number of aromatic nitrogens is 4. The molecule has 3 rings (SSSR count). The number of carbonyl (C=O) groups excluding carboxylic acids is 1. The van der Waals surface area contributed by atoms with Crippen LogP contribution in [0.2, 0.25) is 0 Å². The number of anilines is 2. The Morgan fingerprint density at radius 2 is 2.09 bits per heavy atom. The van der Waals surface area contributed by atoms with Crippen molar-refractivity contribution in [2.24, 2.45) is 0 Å². The summed E-state index contributed by atoms with van der Waals surface area (Å²) < 4.78 is 0. The van der Waals surface area contributed by atoms with E-state index in [9.17, 15) is 4.79 Å². The van der Waals surface area contributed by atoms with Gasteiger partial charge >= 0.3 is 0 Å². The van der Waals surface area contributed by atoms with Gasteiger partial charge in [0.15, 0.2) is 5.82 Å². The molecule has 0 aromatic carbocycles. The number of piperazine rings is 1.